The normalized spacial score (nSPS) is 10.1. The summed E-state index contributed by atoms with van der Waals surface area (Å²) in [5.74, 6) is -2.02. The molecule has 2 aromatic rings. The van der Waals surface area contributed by atoms with Crippen LogP contribution in [0.25, 0.3) is 0 Å². The van der Waals surface area contributed by atoms with E-state index in [1.54, 1.807) is 13.0 Å². The zero-order valence-corrected chi connectivity index (χ0v) is 10.9. The molecule has 1 amide bonds. The summed E-state index contributed by atoms with van der Waals surface area (Å²) in [5.41, 5.74) is -1.25. The van der Waals surface area contributed by atoms with Gasteiger partial charge in [-0.2, -0.15) is 0 Å². The number of nitrogens with one attached hydrogen (secondary N) is 3. The second kappa shape index (κ2) is 5.45. The zero-order valence-electron chi connectivity index (χ0n) is 10.9. The first-order chi connectivity index (χ1) is 9.88. The van der Waals surface area contributed by atoms with Crippen molar-refractivity contribution in [2.75, 3.05) is 5.32 Å². The topological polar surface area (TPSA) is 132 Å². The fourth-order valence-corrected chi connectivity index (χ4v) is 1.71. The van der Waals surface area contributed by atoms with Gasteiger partial charge in [0.15, 0.2) is 0 Å². The molecule has 0 fully saturated rings. The van der Waals surface area contributed by atoms with Crippen LogP contribution in [0.5, 0.6) is 0 Å². The Hall–Kier alpha value is -3.16. The van der Waals surface area contributed by atoms with Gasteiger partial charge in [0.25, 0.3) is 11.5 Å². The standard InChI is InChI=1S/C13H11N3O5/c1-6-2-3-9(7(4-6)12(19)20)15-10(17)8-5-14-13(21)16-11(8)18/h2-5H,1H3,(H,15,17)(H,19,20)(H2,14,16,18,21). The van der Waals surface area contributed by atoms with Crippen LogP contribution in [-0.4, -0.2) is 27.0 Å². The van der Waals surface area contributed by atoms with Gasteiger partial charge in [0.05, 0.1) is 11.3 Å². The van der Waals surface area contributed by atoms with Crippen LogP contribution < -0.4 is 16.6 Å². The molecule has 0 aliphatic heterocycles. The second-order valence-electron chi connectivity index (χ2n) is 4.29. The average Bonchev–Trinajstić information content (AvgIpc) is 2.40. The number of amides is 1. The van der Waals surface area contributed by atoms with Crippen LogP contribution in [0.2, 0.25) is 0 Å². The van der Waals surface area contributed by atoms with Crippen molar-refractivity contribution in [1.29, 1.82) is 0 Å². The van der Waals surface area contributed by atoms with E-state index in [4.69, 9.17) is 5.11 Å². The Labute approximate surface area is 117 Å². The molecule has 1 aromatic carbocycles. The smallest absolute Gasteiger partial charge is 0.337 e. The molecule has 0 unspecified atom stereocenters. The molecule has 2 rings (SSSR count). The van der Waals surface area contributed by atoms with Crippen LogP contribution in [0.15, 0.2) is 34.0 Å². The summed E-state index contributed by atoms with van der Waals surface area (Å²) < 4.78 is 0. The van der Waals surface area contributed by atoms with Gasteiger partial charge >= 0.3 is 11.7 Å². The number of carbonyl (C=O) groups excluding carboxylic acids is 1. The van der Waals surface area contributed by atoms with E-state index in [2.05, 4.69) is 10.3 Å². The van der Waals surface area contributed by atoms with E-state index in [0.29, 0.717) is 5.56 Å². The lowest BCUT2D eigenvalue weighted by molar-refractivity contribution is 0.0698. The number of hydrogen-bond donors (Lipinski definition) is 4. The quantitative estimate of drug-likeness (QED) is 0.646. The van der Waals surface area contributed by atoms with Crippen molar-refractivity contribution in [2.45, 2.75) is 6.92 Å². The fourth-order valence-electron chi connectivity index (χ4n) is 1.71. The van der Waals surface area contributed by atoms with Gasteiger partial charge in [-0.25, -0.2) is 9.59 Å². The van der Waals surface area contributed by atoms with Crippen LogP contribution >= 0.6 is 0 Å². The van der Waals surface area contributed by atoms with Crippen LogP contribution in [0, 0.1) is 6.92 Å². The van der Waals surface area contributed by atoms with Crippen molar-refractivity contribution < 1.29 is 14.7 Å². The van der Waals surface area contributed by atoms with Gasteiger partial charge in [-0.1, -0.05) is 11.6 Å². The van der Waals surface area contributed by atoms with Gasteiger partial charge in [0.2, 0.25) is 0 Å². The summed E-state index contributed by atoms with van der Waals surface area (Å²) in [4.78, 5) is 49.5. The lowest BCUT2D eigenvalue weighted by atomic mass is 10.1. The Balaban J connectivity index is 2.38. The molecular formula is C13H11N3O5. The highest BCUT2D eigenvalue weighted by Crippen LogP contribution is 2.17. The predicted molar refractivity (Wildman–Crippen MR) is 73.8 cm³/mol. The molecule has 0 aliphatic carbocycles. The Morgan fingerprint density at radius 2 is 1.90 bits per heavy atom. The third kappa shape index (κ3) is 3.06. The monoisotopic (exact) mass is 289 g/mol. The molecule has 21 heavy (non-hydrogen) atoms. The van der Waals surface area contributed by atoms with E-state index >= 15 is 0 Å². The Kier molecular flexibility index (Phi) is 3.70. The maximum absolute atomic E-state index is 12.0. The molecule has 0 saturated heterocycles. The number of hydrogen-bond acceptors (Lipinski definition) is 4. The second-order valence-corrected chi connectivity index (χ2v) is 4.29. The molecule has 1 heterocycles. The third-order valence-electron chi connectivity index (χ3n) is 2.72. The van der Waals surface area contributed by atoms with Gasteiger partial charge in [-0.05, 0) is 19.1 Å². The average molecular weight is 289 g/mol. The molecule has 108 valence electrons. The number of carboxylic acid groups (broad SMARTS) is 1. The van der Waals surface area contributed by atoms with E-state index in [-0.39, 0.29) is 16.8 Å². The number of benzene rings is 1. The summed E-state index contributed by atoms with van der Waals surface area (Å²) in [7, 11) is 0. The number of aromatic amines is 2. The van der Waals surface area contributed by atoms with Crippen molar-refractivity contribution in [1.82, 2.24) is 9.97 Å². The number of aryl methyl sites for hydroxylation is 1. The number of anilines is 1. The van der Waals surface area contributed by atoms with Crippen LogP contribution in [0.1, 0.15) is 26.3 Å². The van der Waals surface area contributed by atoms with Gasteiger partial charge in [-0.3, -0.25) is 14.6 Å². The Morgan fingerprint density at radius 3 is 2.52 bits per heavy atom. The molecule has 8 nitrogen and oxygen atoms in total. The largest absolute Gasteiger partial charge is 0.478 e. The predicted octanol–water partition coefficient (Wildman–Crippen LogP) is 0.322. The molecule has 4 N–H and O–H groups in total. The van der Waals surface area contributed by atoms with Gasteiger partial charge in [0.1, 0.15) is 5.56 Å². The summed E-state index contributed by atoms with van der Waals surface area (Å²) >= 11 is 0. The molecule has 0 bridgehead atoms. The van der Waals surface area contributed by atoms with Crippen LogP contribution in [-0.2, 0) is 0 Å². The molecule has 1 aromatic heterocycles. The van der Waals surface area contributed by atoms with E-state index in [9.17, 15) is 19.2 Å². The minimum atomic E-state index is -1.20. The number of aromatic carboxylic acids is 1. The van der Waals surface area contributed by atoms with Crippen LogP contribution in [0.4, 0.5) is 5.69 Å². The number of H-pyrrole nitrogens is 2. The number of rotatable bonds is 3. The lowest BCUT2D eigenvalue weighted by Crippen LogP contribution is -2.30. The zero-order chi connectivity index (χ0) is 15.6. The van der Waals surface area contributed by atoms with Crippen molar-refractivity contribution in [3.8, 4) is 0 Å². The van der Waals surface area contributed by atoms with Gasteiger partial charge < -0.3 is 15.4 Å². The minimum Gasteiger partial charge on any atom is -0.478 e. The highest BCUT2D eigenvalue weighted by atomic mass is 16.4. The van der Waals surface area contributed by atoms with Gasteiger partial charge in [0, 0.05) is 6.20 Å². The summed E-state index contributed by atoms with van der Waals surface area (Å²) in [6.07, 6.45) is 0.963. The van der Waals surface area contributed by atoms with Crippen molar-refractivity contribution >= 4 is 17.6 Å². The first kappa shape index (κ1) is 14.3. The molecule has 0 saturated carbocycles. The highest BCUT2D eigenvalue weighted by molar-refractivity contribution is 6.07. The highest BCUT2D eigenvalue weighted by Gasteiger charge is 2.16. The molecule has 0 radical (unpaired) electrons. The summed E-state index contributed by atoms with van der Waals surface area (Å²) in [5, 5.41) is 11.4. The first-order valence-corrected chi connectivity index (χ1v) is 5.86. The maximum atomic E-state index is 12.0. The Bertz CT molecular complexity index is 834. The van der Waals surface area contributed by atoms with Gasteiger partial charge in [-0.15, -0.1) is 0 Å². The minimum absolute atomic E-state index is 0.0590. The number of aromatic nitrogens is 2. The maximum Gasteiger partial charge on any atom is 0.337 e. The lowest BCUT2D eigenvalue weighted by Gasteiger charge is -2.08. The summed E-state index contributed by atoms with van der Waals surface area (Å²) in [6.45, 7) is 1.71. The van der Waals surface area contributed by atoms with Crippen molar-refractivity contribution in [3.05, 3.63) is 61.9 Å². The number of carbonyl (C=O) groups is 2. The SMILES string of the molecule is Cc1ccc(NC(=O)c2c[nH]c(=O)[nH]c2=O)c(C(=O)O)c1. The van der Waals surface area contributed by atoms with E-state index < -0.39 is 23.1 Å². The third-order valence-corrected chi connectivity index (χ3v) is 2.72. The molecule has 8 heteroatoms. The Morgan fingerprint density at radius 1 is 1.19 bits per heavy atom. The first-order valence-electron chi connectivity index (χ1n) is 5.86. The van der Waals surface area contributed by atoms with E-state index in [0.717, 1.165) is 6.20 Å². The number of carboxylic acids is 1. The fraction of sp³-hybridized carbons (Fsp3) is 0.0769. The van der Waals surface area contributed by atoms with Crippen molar-refractivity contribution in [3.63, 3.8) is 0 Å². The van der Waals surface area contributed by atoms with E-state index in [1.807, 2.05) is 4.98 Å². The summed E-state index contributed by atoms with van der Waals surface area (Å²) in [6, 6.07) is 4.45. The molecule has 0 aliphatic rings. The molecule has 0 atom stereocenters. The van der Waals surface area contributed by atoms with Crippen LogP contribution in [0.3, 0.4) is 0 Å². The van der Waals surface area contributed by atoms with E-state index in [1.165, 1.54) is 12.1 Å². The molecule has 0 spiro atoms. The molecular weight excluding hydrogens is 278 g/mol. The van der Waals surface area contributed by atoms with Crippen molar-refractivity contribution in [2.24, 2.45) is 0 Å².